The quantitative estimate of drug-likeness (QED) is 0.721. The smallest absolute Gasteiger partial charge is 0.348 e. The maximum absolute atomic E-state index is 12.8. The van der Waals surface area contributed by atoms with Crippen LogP contribution in [0.15, 0.2) is 30.3 Å². The molecule has 7 heteroatoms. The van der Waals surface area contributed by atoms with Crippen molar-refractivity contribution >= 4 is 29.2 Å². The van der Waals surface area contributed by atoms with E-state index >= 15 is 0 Å². The van der Waals surface area contributed by atoms with Gasteiger partial charge in [0, 0.05) is 17.8 Å². The Bertz CT molecular complexity index is 927. The molecule has 1 aliphatic heterocycles. The maximum Gasteiger partial charge on any atom is 0.348 e. The summed E-state index contributed by atoms with van der Waals surface area (Å²) in [6.07, 6.45) is 4.67. The second-order valence-electron chi connectivity index (χ2n) is 7.38. The predicted octanol–water partition coefficient (Wildman–Crippen LogP) is 2.91. The summed E-state index contributed by atoms with van der Waals surface area (Å²) >= 11 is 1.46. The number of hydrogen-bond acceptors (Lipinski definition) is 6. The van der Waals surface area contributed by atoms with Gasteiger partial charge < -0.3 is 14.4 Å². The highest BCUT2D eigenvalue weighted by atomic mass is 32.1. The van der Waals surface area contributed by atoms with Crippen molar-refractivity contribution in [2.75, 3.05) is 13.7 Å². The minimum atomic E-state index is -0.713. The lowest BCUT2D eigenvalue weighted by molar-refractivity contribution is -0.155. The third kappa shape index (κ3) is 4.05. The van der Waals surface area contributed by atoms with Crippen LogP contribution in [0.2, 0.25) is 0 Å². The summed E-state index contributed by atoms with van der Waals surface area (Å²) < 4.78 is 10.2. The van der Waals surface area contributed by atoms with E-state index in [-0.39, 0.29) is 0 Å². The van der Waals surface area contributed by atoms with Gasteiger partial charge in [0.05, 0.1) is 7.11 Å². The molecule has 29 heavy (non-hydrogen) atoms. The van der Waals surface area contributed by atoms with Crippen molar-refractivity contribution in [2.24, 2.45) is 0 Å². The SMILES string of the molecule is COC(=O)[C@@H]1Cc2ccccc2CN1C(=O)COC(=O)c1cc2c(s1)CCCC2. The minimum absolute atomic E-state index is 0.291. The summed E-state index contributed by atoms with van der Waals surface area (Å²) in [5.41, 5.74) is 3.23. The highest BCUT2D eigenvalue weighted by Crippen LogP contribution is 2.30. The number of carbonyl (C=O) groups excluding carboxylic acids is 3. The van der Waals surface area contributed by atoms with E-state index in [1.54, 1.807) is 0 Å². The van der Waals surface area contributed by atoms with Crippen LogP contribution in [-0.2, 0) is 44.9 Å². The molecule has 152 valence electrons. The van der Waals surface area contributed by atoms with E-state index in [0.717, 1.165) is 36.8 Å². The third-order valence-corrected chi connectivity index (χ3v) is 6.78. The number of benzene rings is 1. The zero-order valence-electron chi connectivity index (χ0n) is 16.3. The van der Waals surface area contributed by atoms with Gasteiger partial charge in [-0.05, 0) is 48.4 Å². The molecule has 1 amide bonds. The summed E-state index contributed by atoms with van der Waals surface area (Å²) in [6.45, 7) is -0.101. The molecule has 0 saturated carbocycles. The molecule has 1 aliphatic carbocycles. The Morgan fingerprint density at radius 2 is 1.86 bits per heavy atom. The Morgan fingerprint density at radius 3 is 2.62 bits per heavy atom. The van der Waals surface area contributed by atoms with Gasteiger partial charge >= 0.3 is 11.9 Å². The van der Waals surface area contributed by atoms with E-state index in [1.807, 2.05) is 30.3 Å². The third-order valence-electron chi connectivity index (χ3n) is 5.57. The van der Waals surface area contributed by atoms with Crippen molar-refractivity contribution in [3.05, 3.63) is 56.8 Å². The lowest BCUT2D eigenvalue weighted by atomic mass is 9.94. The Labute approximate surface area is 173 Å². The highest BCUT2D eigenvalue weighted by Gasteiger charge is 2.35. The first-order chi connectivity index (χ1) is 14.1. The van der Waals surface area contributed by atoms with Gasteiger partial charge in [-0.15, -0.1) is 11.3 Å². The number of rotatable bonds is 4. The van der Waals surface area contributed by atoms with Crippen molar-refractivity contribution in [1.82, 2.24) is 4.90 Å². The molecular formula is C22H23NO5S. The number of amides is 1. The number of esters is 2. The minimum Gasteiger partial charge on any atom is -0.467 e. The van der Waals surface area contributed by atoms with Gasteiger partial charge in [-0.25, -0.2) is 9.59 Å². The van der Waals surface area contributed by atoms with Gasteiger partial charge in [-0.1, -0.05) is 24.3 Å². The van der Waals surface area contributed by atoms with E-state index in [4.69, 9.17) is 9.47 Å². The molecular weight excluding hydrogens is 390 g/mol. The van der Waals surface area contributed by atoms with Gasteiger partial charge in [-0.3, -0.25) is 4.79 Å². The molecule has 1 aromatic heterocycles. The normalized spacial score (nSPS) is 17.8. The Kier molecular flexibility index (Phi) is 5.67. The van der Waals surface area contributed by atoms with Crippen molar-refractivity contribution in [1.29, 1.82) is 0 Å². The summed E-state index contributed by atoms with van der Waals surface area (Å²) in [4.78, 5) is 40.7. The van der Waals surface area contributed by atoms with E-state index in [1.165, 1.54) is 33.8 Å². The molecule has 0 radical (unpaired) electrons. The molecule has 0 spiro atoms. The zero-order chi connectivity index (χ0) is 20.4. The lowest BCUT2D eigenvalue weighted by Gasteiger charge is -2.35. The summed E-state index contributed by atoms with van der Waals surface area (Å²) in [5.74, 6) is -1.35. The van der Waals surface area contributed by atoms with Crippen LogP contribution < -0.4 is 0 Å². The van der Waals surface area contributed by atoms with Gasteiger partial charge in [0.15, 0.2) is 6.61 Å². The molecule has 2 heterocycles. The zero-order valence-corrected chi connectivity index (χ0v) is 17.1. The van der Waals surface area contributed by atoms with Gasteiger partial charge in [0.2, 0.25) is 0 Å². The first-order valence-electron chi connectivity index (χ1n) is 9.79. The fraction of sp³-hybridized carbons (Fsp3) is 0.409. The molecule has 1 atom stereocenters. The van der Waals surface area contributed by atoms with Crippen LogP contribution in [0, 0.1) is 0 Å². The topological polar surface area (TPSA) is 72.9 Å². The van der Waals surface area contributed by atoms with Gasteiger partial charge in [0.25, 0.3) is 5.91 Å². The average Bonchev–Trinajstić information content (AvgIpc) is 3.20. The Balaban J connectivity index is 1.44. The van der Waals surface area contributed by atoms with Crippen molar-refractivity contribution in [3.8, 4) is 0 Å². The van der Waals surface area contributed by atoms with Crippen molar-refractivity contribution < 1.29 is 23.9 Å². The molecule has 4 rings (SSSR count). The highest BCUT2D eigenvalue weighted by molar-refractivity contribution is 7.14. The van der Waals surface area contributed by atoms with Gasteiger partial charge in [0.1, 0.15) is 10.9 Å². The molecule has 6 nitrogen and oxygen atoms in total. The fourth-order valence-corrected chi connectivity index (χ4v) is 5.15. The molecule has 2 aromatic rings. The van der Waals surface area contributed by atoms with Crippen molar-refractivity contribution in [3.63, 3.8) is 0 Å². The predicted molar refractivity (Wildman–Crippen MR) is 108 cm³/mol. The number of nitrogens with zero attached hydrogens (tertiary/aromatic N) is 1. The fourth-order valence-electron chi connectivity index (χ4n) is 4.00. The first kappa shape index (κ1) is 19.6. The number of ether oxygens (including phenoxy) is 2. The van der Waals surface area contributed by atoms with E-state index < -0.39 is 30.5 Å². The molecule has 0 N–H and O–H groups in total. The summed E-state index contributed by atoms with van der Waals surface area (Å²) in [6, 6.07) is 8.87. The molecule has 2 aliphatic rings. The second kappa shape index (κ2) is 8.37. The Hall–Kier alpha value is -2.67. The summed E-state index contributed by atoms with van der Waals surface area (Å²) in [5, 5.41) is 0. The maximum atomic E-state index is 12.8. The first-order valence-corrected chi connectivity index (χ1v) is 10.6. The summed E-state index contributed by atoms with van der Waals surface area (Å²) in [7, 11) is 1.31. The Morgan fingerprint density at radius 1 is 1.10 bits per heavy atom. The second-order valence-corrected chi connectivity index (χ2v) is 8.51. The van der Waals surface area contributed by atoms with Gasteiger partial charge in [-0.2, -0.15) is 0 Å². The van der Waals surface area contributed by atoms with Crippen LogP contribution in [0.5, 0.6) is 0 Å². The van der Waals surface area contributed by atoms with Crippen LogP contribution >= 0.6 is 11.3 Å². The largest absolute Gasteiger partial charge is 0.467 e. The van der Waals surface area contributed by atoms with E-state index in [9.17, 15) is 14.4 Å². The van der Waals surface area contributed by atoms with Crippen LogP contribution in [0.4, 0.5) is 0 Å². The molecule has 0 fully saturated rings. The van der Waals surface area contributed by atoms with Crippen LogP contribution in [0.3, 0.4) is 0 Å². The molecule has 1 aromatic carbocycles. The van der Waals surface area contributed by atoms with Crippen LogP contribution in [0.1, 0.15) is 44.1 Å². The van der Waals surface area contributed by atoms with Crippen LogP contribution in [0.25, 0.3) is 0 Å². The number of aryl methyl sites for hydroxylation is 2. The molecule has 0 unspecified atom stereocenters. The van der Waals surface area contributed by atoms with E-state index in [2.05, 4.69) is 0 Å². The number of methoxy groups -OCH3 is 1. The number of hydrogen-bond donors (Lipinski definition) is 0. The van der Waals surface area contributed by atoms with E-state index in [0.29, 0.717) is 17.8 Å². The molecule has 0 bridgehead atoms. The molecule has 0 saturated heterocycles. The number of carbonyl (C=O) groups is 3. The number of thiophene rings is 1. The standard InChI is InChI=1S/C22H23NO5S/c1-27-21(25)17-10-14-6-2-3-8-16(14)12-23(17)20(24)13-28-22(26)19-11-15-7-4-5-9-18(15)29-19/h2-3,6,8,11,17H,4-5,7,9-10,12-13H2,1H3/t17-/m0/s1. The van der Waals surface area contributed by atoms with Crippen molar-refractivity contribution in [2.45, 2.75) is 44.7 Å². The monoisotopic (exact) mass is 413 g/mol. The lowest BCUT2D eigenvalue weighted by Crippen LogP contribution is -2.50. The van der Waals surface area contributed by atoms with Crippen LogP contribution in [-0.4, -0.2) is 42.5 Å². The average molecular weight is 413 g/mol. The number of fused-ring (bicyclic) bond motifs is 2.